The predicted molar refractivity (Wildman–Crippen MR) is 101 cm³/mol. The van der Waals surface area contributed by atoms with E-state index in [1.807, 2.05) is 19.9 Å². The Balaban J connectivity index is 0.000000829. The molecule has 2 aromatic carbocycles. The third-order valence-corrected chi connectivity index (χ3v) is 3.35. The molecule has 0 heterocycles. The lowest BCUT2D eigenvalue weighted by Crippen LogP contribution is -1.77. The van der Waals surface area contributed by atoms with Crippen molar-refractivity contribution in [2.24, 2.45) is 5.73 Å². The van der Waals surface area contributed by atoms with Gasteiger partial charge in [0.05, 0.1) is 0 Å². The van der Waals surface area contributed by atoms with Gasteiger partial charge in [-0.2, -0.15) is 0 Å². The second-order valence-electron chi connectivity index (χ2n) is 3.77. The van der Waals surface area contributed by atoms with Gasteiger partial charge >= 0.3 is 0 Å². The van der Waals surface area contributed by atoms with Crippen LogP contribution in [0.5, 0.6) is 0 Å². The summed E-state index contributed by atoms with van der Waals surface area (Å²) in [7, 11) is 1.50. The van der Waals surface area contributed by atoms with Crippen molar-refractivity contribution in [1.29, 1.82) is 0 Å². The first-order valence-corrected chi connectivity index (χ1v) is 7.90. The van der Waals surface area contributed by atoms with Crippen LogP contribution in [-0.4, -0.2) is 7.05 Å². The van der Waals surface area contributed by atoms with Crippen LogP contribution in [0.25, 0.3) is 9.66 Å². The Morgan fingerprint density at radius 3 is 1.90 bits per heavy atom. The van der Waals surface area contributed by atoms with E-state index in [0.29, 0.717) is 0 Å². The number of hydrogen-bond acceptors (Lipinski definition) is 1. The first-order chi connectivity index (χ1) is 9.75. The summed E-state index contributed by atoms with van der Waals surface area (Å²) in [6.45, 7) is 6.11. The fourth-order valence-electron chi connectivity index (χ4n) is 1.49. The van der Waals surface area contributed by atoms with Crippen LogP contribution in [0.1, 0.15) is 30.5 Å². The van der Waals surface area contributed by atoms with Gasteiger partial charge in [0.25, 0.3) is 0 Å². The van der Waals surface area contributed by atoms with Crippen molar-refractivity contribution in [3.8, 4) is 0 Å². The van der Waals surface area contributed by atoms with E-state index in [4.69, 9.17) is 0 Å². The number of nitrogens with two attached hydrogens (primary N) is 1. The molecule has 0 unspecified atom stereocenters. The summed E-state index contributed by atoms with van der Waals surface area (Å²) in [5.41, 5.74) is 8.31. The Morgan fingerprint density at radius 2 is 1.40 bits per heavy atom. The minimum absolute atomic E-state index is 1.25. The van der Waals surface area contributed by atoms with E-state index >= 15 is 0 Å². The van der Waals surface area contributed by atoms with Gasteiger partial charge in [-0.25, -0.2) is 0 Å². The Kier molecular flexibility index (Phi) is 11.0. The Morgan fingerprint density at radius 1 is 0.900 bits per heavy atom. The zero-order chi connectivity index (χ0) is 15.4. The smallest absolute Gasteiger partial charge is 0.0208 e. The van der Waals surface area contributed by atoms with Crippen LogP contribution in [-0.2, 0) is 0 Å². The van der Waals surface area contributed by atoms with Crippen molar-refractivity contribution in [2.45, 2.75) is 20.8 Å². The minimum Gasteiger partial charge on any atom is -0.333 e. The molecule has 0 radical (unpaired) electrons. The van der Waals surface area contributed by atoms with E-state index in [0.717, 1.165) is 0 Å². The number of halogens is 1. The molecule has 0 aliphatic rings. The number of benzene rings is 2. The average molecular weight is 381 g/mol. The first-order valence-electron chi connectivity index (χ1n) is 6.83. The van der Waals surface area contributed by atoms with Crippen LogP contribution >= 0.6 is 22.6 Å². The fraction of sp³-hybridized carbons (Fsp3) is 0.222. The number of hydrogen-bond donors (Lipinski definition) is 1. The Hall–Kier alpha value is -1.13. The lowest BCUT2D eigenvalue weighted by atomic mass is 10.1. The van der Waals surface area contributed by atoms with E-state index in [1.54, 1.807) is 0 Å². The molecule has 0 aliphatic heterocycles. The van der Waals surface area contributed by atoms with Crippen LogP contribution in [0.2, 0.25) is 0 Å². The fourth-order valence-corrected chi connectivity index (χ4v) is 2.21. The quantitative estimate of drug-likeness (QED) is 0.537. The molecule has 1 nitrogen and oxygen atoms in total. The van der Waals surface area contributed by atoms with Gasteiger partial charge < -0.3 is 5.73 Å². The lowest BCUT2D eigenvalue weighted by molar-refractivity contribution is 1.46. The largest absolute Gasteiger partial charge is 0.333 e. The van der Waals surface area contributed by atoms with E-state index in [9.17, 15) is 0 Å². The summed E-state index contributed by atoms with van der Waals surface area (Å²) in [5, 5.41) is 0. The topological polar surface area (TPSA) is 26.0 Å². The molecule has 0 bridgehead atoms. The van der Waals surface area contributed by atoms with Crippen LogP contribution in [0.4, 0.5) is 0 Å². The summed E-state index contributed by atoms with van der Waals surface area (Å²) in [6, 6.07) is 19.0. The van der Waals surface area contributed by atoms with Gasteiger partial charge in [-0.15, -0.1) is 0 Å². The molecule has 2 rings (SSSR count). The Bertz CT molecular complexity index is 487. The predicted octanol–water partition coefficient (Wildman–Crippen LogP) is 5.53. The molecule has 0 amide bonds. The molecule has 108 valence electrons. The first kappa shape index (κ1) is 18.9. The Labute approximate surface area is 137 Å². The highest BCUT2D eigenvalue weighted by atomic mass is 127. The maximum atomic E-state index is 4.50. The molecule has 2 N–H and O–H groups in total. The third-order valence-electron chi connectivity index (χ3n) is 2.42. The second kappa shape index (κ2) is 11.7. The summed E-state index contributed by atoms with van der Waals surface area (Å²) in [5.74, 6) is 0. The monoisotopic (exact) mass is 381 g/mol. The summed E-state index contributed by atoms with van der Waals surface area (Å²) in [4.78, 5) is 0. The summed E-state index contributed by atoms with van der Waals surface area (Å²) >= 11 is 2.38. The third kappa shape index (κ3) is 6.87. The summed E-state index contributed by atoms with van der Waals surface area (Å²) < 4.78 is 1.27. The molecule has 0 saturated carbocycles. The standard InChI is InChI=1S/C15H13I.C2H6.CH5N/c1-12-7-9-13(10-8-12)11-15(16)14-5-3-2-4-6-14;2*1-2/h2-11H,1H3;1-2H3;2H2,1H3/b15-11-;;. The molecular formula is C18H24IN. The zero-order valence-corrected chi connectivity index (χ0v) is 14.9. The van der Waals surface area contributed by atoms with E-state index in [2.05, 4.69) is 89.9 Å². The molecule has 0 fully saturated rings. The van der Waals surface area contributed by atoms with Gasteiger partial charge in [0.1, 0.15) is 0 Å². The van der Waals surface area contributed by atoms with Gasteiger partial charge in [-0.3, -0.25) is 0 Å². The van der Waals surface area contributed by atoms with Gasteiger partial charge in [-0.1, -0.05) is 74.0 Å². The summed E-state index contributed by atoms with van der Waals surface area (Å²) in [6.07, 6.45) is 2.20. The highest BCUT2D eigenvalue weighted by molar-refractivity contribution is 14.1. The van der Waals surface area contributed by atoms with Crippen molar-refractivity contribution >= 4 is 32.2 Å². The molecule has 20 heavy (non-hydrogen) atoms. The van der Waals surface area contributed by atoms with Crippen molar-refractivity contribution in [3.05, 3.63) is 71.3 Å². The second-order valence-corrected chi connectivity index (χ2v) is 4.93. The molecule has 0 atom stereocenters. The van der Waals surface area contributed by atoms with E-state index in [-0.39, 0.29) is 0 Å². The van der Waals surface area contributed by atoms with Crippen LogP contribution < -0.4 is 5.73 Å². The highest BCUT2D eigenvalue weighted by Crippen LogP contribution is 2.24. The number of rotatable bonds is 2. The molecule has 0 aromatic heterocycles. The molecule has 0 spiro atoms. The van der Waals surface area contributed by atoms with Gasteiger partial charge in [-0.05, 0) is 53.8 Å². The van der Waals surface area contributed by atoms with Gasteiger partial charge in [0.15, 0.2) is 0 Å². The minimum atomic E-state index is 1.25. The SMILES string of the molecule is CC.CN.Cc1ccc(/C=C(\I)c2ccccc2)cc1. The maximum absolute atomic E-state index is 4.50. The van der Waals surface area contributed by atoms with Crippen LogP contribution in [0.15, 0.2) is 54.6 Å². The van der Waals surface area contributed by atoms with Crippen molar-refractivity contribution in [2.75, 3.05) is 7.05 Å². The van der Waals surface area contributed by atoms with Crippen molar-refractivity contribution < 1.29 is 0 Å². The van der Waals surface area contributed by atoms with Gasteiger partial charge in [0, 0.05) is 3.58 Å². The molecule has 0 saturated heterocycles. The number of aryl methyl sites for hydroxylation is 1. The molecule has 2 heteroatoms. The normalized spacial score (nSPS) is 9.80. The van der Waals surface area contributed by atoms with Crippen LogP contribution in [0, 0.1) is 6.92 Å². The molecular weight excluding hydrogens is 357 g/mol. The molecule has 0 aliphatic carbocycles. The lowest BCUT2D eigenvalue weighted by Gasteiger charge is -2.00. The molecule has 2 aromatic rings. The van der Waals surface area contributed by atoms with E-state index in [1.165, 1.54) is 27.3 Å². The van der Waals surface area contributed by atoms with Crippen molar-refractivity contribution in [1.82, 2.24) is 0 Å². The highest BCUT2D eigenvalue weighted by Gasteiger charge is 1.96. The maximum Gasteiger partial charge on any atom is 0.0208 e. The average Bonchev–Trinajstić information content (AvgIpc) is 2.54. The van der Waals surface area contributed by atoms with Gasteiger partial charge in [0.2, 0.25) is 0 Å². The zero-order valence-electron chi connectivity index (χ0n) is 12.7. The van der Waals surface area contributed by atoms with Crippen molar-refractivity contribution in [3.63, 3.8) is 0 Å². The van der Waals surface area contributed by atoms with Crippen LogP contribution in [0.3, 0.4) is 0 Å². The van der Waals surface area contributed by atoms with E-state index < -0.39 is 0 Å².